The fraction of sp³-hybridized carbons (Fsp3) is 0.409. The first-order valence-electron chi connectivity index (χ1n) is 9.95. The van der Waals surface area contributed by atoms with Gasteiger partial charge < -0.3 is 10.6 Å². The normalized spacial score (nSPS) is 18.0. The SMILES string of the molecule is Cc1ccc([C@H](C)C(=O)N2CC[C@H](c3nn(CCN)c4ncccc34)C2)cc1. The van der Waals surface area contributed by atoms with Gasteiger partial charge in [0.15, 0.2) is 5.65 Å². The summed E-state index contributed by atoms with van der Waals surface area (Å²) in [6.07, 6.45) is 2.71. The van der Waals surface area contributed by atoms with Crippen LogP contribution in [0.5, 0.6) is 0 Å². The predicted octanol–water partition coefficient (Wildman–Crippen LogP) is 2.82. The number of likely N-dealkylation sites (tertiary alicyclic amines) is 1. The minimum atomic E-state index is -0.132. The zero-order valence-corrected chi connectivity index (χ0v) is 16.5. The number of hydrogen-bond donors (Lipinski definition) is 1. The van der Waals surface area contributed by atoms with Crippen LogP contribution in [0.1, 0.15) is 42.0 Å². The molecule has 1 aliphatic rings. The third kappa shape index (κ3) is 3.40. The lowest BCUT2D eigenvalue weighted by Crippen LogP contribution is -2.32. The van der Waals surface area contributed by atoms with Gasteiger partial charge in [0.05, 0.1) is 18.2 Å². The van der Waals surface area contributed by atoms with Crippen LogP contribution >= 0.6 is 0 Å². The first kappa shape index (κ1) is 18.6. The first-order valence-corrected chi connectivity index (χ1v) is 9.95. The van der Waals surface area contributed by atoms with Crippen LogP contribution in [0.25, 0.3) is 11.0 Å². The molecule has 28 heavy (non-hydrogen) atoms. The molecular weight excluding hydrogens is 350 g/mol. The zero-order chi connectivity index (χ0) is 19.7. The van der Waals surface area contributed by atoms with E-state index >= 15 is 0 Å². The molecule has 0 unspecified atom stereocenters. The molecule has 4 rings (SSSR count). The number of benzene rings is 1. The van der Waals surface area contributed by atoms with Gasteiger partial charge in [-0.05, 0) is 38.0 Å². The molecule has 1 aromatic carbocycles. The smallest absolute Gasteiger partial charge is 0.229 e. The number of fused-ring (bicyclic) bond motifs is 1. The molecular formula is C22H27N5O. The lowest BCUT2D eigenvalue weighted by molar-refractivity contribution is -0.131. The Morgan fingerprint density at radius 2 is 2.07 bits per heavy atom. The summed E-state index contributed by atoms with van der Waals surface area (Å²) < 4.78 is 1.89. The Balaban J connectivity index is 1.53. The third-order valence-corrected chi connectivity index (χ3v) is 5.71. The van der Waals surface area contributed by atoms with Gasteiger partial charge in [0.2, 0.25) is 5.91 Å². The lowest BCUT2D eigenvalue weighted by Gasteiger charge is -2.21. The minimum Gasteiger partial charge on any atom is -0.341 e. The third-order valence-electron chi connectivity index (χ3n) is 5.71. The number of carbonyl (C=O) groups excluding carboxylic acids is 1. The molecule has 0 aliphatic carbocycles. The molecule has 0 bridgehead atoms. The molecule has 1 amide bonds. The van der Waals surface area contributed by atoms with Gasteiger partial charge in [-0.2, -0.15) is 5.10 Å². The van der Waals surface area contributed by atoms with E-state index in [-0.39, 0.29) is 17.7 Å². The average Bonchev–Trinajstić information content (AvgIpc) is 3.33. The van der Waals surface area contributed by atoms with E-state index in [1.807, 2.05) is 22.6 Å². The van der Waals surface area contributed by atoms with Crippen molar-refractivity contribution in [1.82, 2.24) is 19.7 Å². The highest BCUT2D eigenvalue weighted by atomic mass is 16.2. The van der Waals surface area contributed by atoms with Crippen molar-refractivity contribution in [3.05, 3.63) is 59.4 Å². The van der Waals surface area contributed by atoms with Crippen molar-refractivity contribution in [1.29, 1.82) is 0 Å². The van der Waals surface area contributed by atoms with Crippen molar-refractivity contribution < 1.29 is 4.79 Å². The van der Waals surface area contributed by atoms with Crippen LogP contribution in [-0.4, -0.2) is 45.2 Å². The predicted molar refractivity (Wildman–Crippen MR) is 110 cm³/mol. The van der Waals surface area contributed by atoms with Crippen molar-refractivity contribution in [2.24, 2.45) is 5.73 Å². The fourth-order valence-corrected chi connectivity index (χ4v) is 4.07. The summed E-state index contributed by atoms with van der Waals surface area (Å²) in [6.45, 7) is 6.70. The number of nitrogens with zero attached hydrogens (tertiary/aromatic N) is 4. The molecule has 3 aromatic rings. The van der Waals surface area contributed by atoms with Crippen molar-refractivity contribution >= 4 is 16.9 Å². The van der Waals surface area contributed by atoms with Crippen LogP contribution in [0.2, 0.25) is 0 Å². The first-order chi connectivity index (χ1) is 13.6. The van der Waals surface area contributed by atoms with Gasteiger partial charge in [-0.15, -0.1) is 0 Å². The average molecular weight is 377 g/mol. The van der Waals surface area contributed by atoms with Crippen molar-refractivity contribution in [2.75, 3.05) is 19.6 Å². The van der Waals surface area contributed by atoms with E-state index in [2.05, 4.69) is 42.2 Å². The van der Waals surface area contributed by atoms with E-state index in [0.29, 0.717) is 19.6 Å². The molecule has 1 saturated heterocycles. The summed E-state index contributed by atoms with van der Waals surface area (Å²) >= 11 is 0. The summed E-state index contributed by atoms with van der Waals surface area (Å²) in [5, 5.41) is 5.87. The monoisotopic (exact) mass is 377 g/mol. The second kappa shape index (κ2) is 7.72. The number of pyridine rings is 1. The standard InChI is InChI=1S/C22H27N5O/c1-15-5-7-17(8-6-15)16(2)22(28)26-12-9-18(14-26)20-19-4-3-11-24-21(19)27(25-20)13-10-23/h3-8,11,16,18H,9-10,12-14,23H2,1-2H3/t16-,18-/m0/s1. The molecule has 2 N–H and O–H groups in total. The maximum Gasteiger partial charge on any atom is 0.229 e. The molecule has 1 fully saturated rings. The second-order valence-electron chi connectivity index (χ2n) is 7.67. The van der Waals surface area contributed by atoms with Gasteiger partial charge in [0.1, 0.15) is 0 Å². The van der Waals surface area contributed by atoms with Crippen LogP contribution in [-0.2, 0) is 11.3 Å². The quantitative estimate of drug-likeness (QED) is 0.742. The number of aryl methyl sites for hydroxylation is 1. The molecule has 3 heterocycles. The molecule has 2 aromatic heterocycles. The summed E-state index contributed by atoms with van der Waals surface area (Å²) in [5.74, 6) is 0.294. The number of aromatic nitrogens is 3. The Morgan fingerprint density at radius 1 is 1.29 bits per heavy atom. The van der Waals surface area contributed by atoms with E-state index in [0.717, 1.165) is 35.3 Å². The number of amides is 1. The summed E-state index contributed by atoms with van der Waals surface area (Å²) in [4.78, 5) is 19.5. The molecule has 0 spiro atoms. The molecule has 0 radical (unpaired) electrons. The van der Waals surface area contributed by atoms with E-state index in [1.54, 1.807) is 6.20 Å². The van der Waals surface area contributed by atoms with Gasteiger partial charge in [0, 0.05) is 37.1 Å². The molecule has 6 heteroatoms. The van der Waals surface area contributed by atoms with Crippen LogP contribution in [0, 0.1) is 6.92 Å². The molecule has 1 aliphatic heterocycles. The molecule has 146 valence electrons. The minimum absolute atomic E-state index is 0.132. The summed E-state index contributed by atoms with van der Waals surface area (Å²) in [6, 6.07) is 12.2. The Kier molecular flexibility index (Phi) is 5.13. The zero-order valence-electron chi connectivity index (χ0n) is 16.5. The van der Waals surface area contributed by atoms with Crippen LogP contribution in [0.3, 0.4) is 0 Å². The van der Waals surface area contributed by atoms with Crippen LogP contribution < -0.4 is 5.73 Å². The van der Waals surface area contributed by atoms with Crippen LogP contribution in [0.15, 0.2) is 42.6 Å². The molecule has 6 nitrogen and oxygen atoms in total. The number of rotatable bonds is 5. The van der Waals surface area contributed by atoms with Crippen LogP contribution in [0.4, 0.5) is 0 Å². The largest absolute Gasteiger partial charge is 0.341 e. The molecule has 2 atom stereocenters. The Morgan fingerprint density at radius 3 is 2.82 bits per heavy atom. The lowest BCUT2D eigenvalue weighted by atomic mass is 9.98. The summed E-state index contributed by atoms with van der Waals surface area (Å²) in [5.41, 5.74) is 9.92. The highest BCUT2D eigenvalue weighted by Crippen LogP contribution is 2.32. The maximum absolute atomic E-state index is 13.1. The maximum atomic E-state index is 13.1. The highest BCUT2D eigenvalue weighted by molar-refractivity contribution is 5.84. The van der Waals surface area contributed by atoms with Gasteiger partial charge in [-0.25, -0.2) is 9.67 Å². The Labute approximate surface area is 165 Å². The van der Waals surface area contributed by atoms with Gasteiger partial charge >= 0.3 is 0 Å². The van der Waals surface area contributed by atoms with Crippen molar-refractivity contribution in [2.45, 2.75) is 38.6 Å². The van der Waals surface area contributed by atoms with E-state index in [1.165, 1.54) is 5.56 Å². The number of nitrogens with two attached hydrogens (primary N) is 1. The fourth-order valence-electron chi connectivity index (χ4n) is 4.07. The highest BCUT2D eigenvalue weighted by Gasteiger charge is 2.32. The van der Waals surface area contributed by atoms with Gasteiger partial charge in [-0.3, -0.25) is 4.79 Å². The van der Waals surface area contributed by atoms with E-state index in [4.69, 9.17) is 10.8 Å². The van der Waals surface area contributed by atoms with E-state index < -0.39 is 0 Å². The summed E-state index contributed by atoms with van der Waals surface area (Å²) in [7, 11) is 0. The molecule has 0 saturated carbocycles. The van der Waals surface area contributed by atoms with Gasteiger partial charge in [-0.1, -0.05) is 29.8 Å². The van der Waals surface area contributed by atoms with Crippen molar-refractivity contribution in [3.63, 3.8) is 0 Å². The number of carbonyl (C=O) groups is 1. The topological polar surface area (TPSA) is 77.0 Å². The van der Waals surface area contributed by atoms with Crippen molar-refractivity contribution in [3.8, 4) is 0 Å². The Hall–Kier alpha value is -2.73. The Bertz CT molecular complexity index is 978. The van der Waals surface area contributed by atoms with Gasteiger partial charge in [0.25, 0.3) is 0 Å². The second-order valence-corrected chi connectivity index (χ2v) is 7.67. The van der Waals surface area contributed by atoms with E-state index in [9.17, 15) is 4.79 Å². The number of hydrogen-bond acceptors (Lipinski definition) is 4.